The van der Waals surface area contributed by atoms with Gasteiger partial charge in [-0.2, -0.15) is 4.37 Å². The predicted octanol–water partition coefficient (Wildman–Crippen LogP) is 1.76. The lowest BCUT2D eigenvalue weighted by Crippen LogP contribution is -2.24. The average molecular weight is 196 g/mol. The van der Waals surface area contributed by atoms with Gasteiger partial charge in [-0.05, 0) is 31.4 Å². The highest BCUT2D eigenvalue weighted by molar-refractivity contribution is 7.05. The van der Waals surface area contributed by atoms with Crippen LogP contribution >= 0.6 is 11.5 Å². The van der Waals surface area contributed by atoms with E-state index >= 15 is 0 Å². The number of amides is 1. The zero-order chi connectivity index (χ0) is 9.84. The second kappa shape index (κ2) is 4.18. The number of aryl methyl sites for hydroxylation is 1. The summed E-state index contributed by atoms with van der Waals surface area (Å²) in [6.45, 7) is 7.99. The molecule has 0 unspecified atom stereocenters. The monoisotopic (exact) mass is 196 g/mol. The zero-order valence-corrected chi connectivity index (χ0v) is 8.57. The Morgan fingerprint density at radius 3 is 2.92 bits per heavy atom. The Morgan fingerprint density at radius 1 is 1.77 bits per heavy atom. The summed E-state index contributed by atoms with van der Waals surface area (Å²) in [4.78, 5) is 12.4. The van der Waals surface area contributed by atoms with Crippen LogP contribution in [0.4, 0.5) is 0 Å². The lowest BCUT2D eigenvalue weighted by Gasteiger charge is -2.00. The molecule has 0 saturated heterocycles. The van der Waals surface area contributed by atoms with Gasteiger partial charge in [-0.1, -0.05) is 12.2 Å². The van der Waals surface area contributed by atoms with Gasteiger partial charge in [0.15, 0.2) is 0 Å². The Kier molecular flexibility index (Phi) is 3.19. The van der Waals surface area contributed by atoms with Gasteiger partial charge in [0.2, 0.25) is 0 Å². The number of hydrogen-bond acceptors (Lipinski definition) is 3. The third-order valence-electron chi connectivity index (χ3n) is 1.41. The molecule has 0 bridgehead atoms. The molecule has 1 aromatic heterocycles. The van der Waals surface area contributed by atoms with Crippen molar-refractivity contribution in [3.8, 4) is 0 Å². The van der Waals surface area contributed by atoms with Gasteiger partial charge in [0.1, 0.15) is 5.69 Å². The van der Waals surface area contributed by atoms with Crippen molar-refractivity contribution in [2.45, 2.75) is 13.8 Å². The summed E-state index contributed by atoms with van der Waals surface area (Å²) < 4.78 is 3.99. The zero-order valence-electron chi connectivity index (χ0n) is 7.76. The van der Waals surface area contributed by atoms with Crippen LogP contribution < -0.4 is 5.32 Å². The van der Waals surface area contributed by atoms with E-state index in [0.717, 1.165) is 10.5 Å². The molecule has 0 fully saturated rings. The van der Waals surface area contributed by atoms with Crippen molar-refractivity contribution in [1.82, 2.24) is 9.69 Å². The summed E-state index contributed by atoms with van der Waals surface area (Å²) in [6.07, 6.45) is 0. The number of nitrogens with zero attached hydrogens (tertiary/aromatic N) is 1. The molecular weight excluding hydrogens is 184 g/mol. The SMILES string of the molecule is C=C(C)CNC(=O)c1cc(C)sn1. The van der Waals surface area contributed by atoms with Crippen LogP contribution in [0.1, 0.15) is 22.3 Å². The molecule has 0 spiro atoms. The van der Waals surface area contributed by atoms with Crippen LogP contribution in [0.3, 0.4) is 0 Å². The smallest absolute Gasteiger partial charge is 0.271 e. The van der Waals surface area contributed by atoms with Crippen LogP contribution in [0.15, 0.2) is 18.2 Å². The fourth-order valence-electron chi connectivity index (χ4n) is 0.795. The van der Waals surface area contributed by atoms with Crippen molar-refractivity contribution in [1.29, 1.82) is 0 Å². The first kappa shape index (κ1) is 9.92. The molecule has 0 aliphatic rings. The minimum absolute atomic E-state index is 0.132. The molecule has 70 valence electrons. The highest BCUT2D eigenvalue weighted by atomic mass is 32.1. The molecule has 1 amide bonds. The van der Waals surface area contributed by atoms with Crippen LogP contribution in [-0.4, -0.2) is 16.8 Å². The summed E-state index contributed by atoms with van der Waals surface area (Å²) in [7, 11) is 0. The van der Waals surface area contributed by atoms with E-state index in [1.54, 1.807) is 6.07 Å². The molecule has 0 atom stereocenters. The Morgan fingerprint density at radius 2 is 2.46 bits per heavy atom. The van der Waals surface area contributed by atoms with Crippen LogP contribution in [0.2, 0.25) is 0 Å². The van der Waals surface area contributed by atoms with E-state index in [4.69, 9.17) is 0 Å². The van der Waals surface area contributed by atoms with E-state index < -0.39 is 0 Å². The number of nitrogens with one attached hydrogen (secondary N) is 1. The minimum Gasteiger partial charge on any atom is -0.347 e. The number of carbonyl (C=O) groups excluding carboxylic acids is 1. The van der Waals surface area contributed by atoms with Gasteiger partial charge in [-0.25, -0.2) is 0 Å². The second-order valence-corrected chi connectivity index (χ2v) is 3.97. The van der Waals surface area contributed by atoms with Gasteiger partial charge >= 0.3 is 0 Å². The normalized spacial score (nSPS) is 9.69. The van der Waals surface area contributed by atoms with Gasteiger partial charge in [-0.3, -0.25) is 4.79 Å². The van der Waals surface area contributed by atoms with E-state index in [0.29, 0.717) is 12.2 Å². The van der Waals surface area contributed by atoms with Crippen LogP contribution in [-0.2, 0) is 0 Å². The van der Waals surface area contributed by atoms with E-state index in [9.17, 15) is 4.79 Å². The number of aromatic nitrogens is 1. The Bertz CT molecular complexity index is 330. The highest BCUT2D eigenvalue weighted by Gasteiger charge is 2.07. The van der Waals surface area contributed by atoms with Crippen molar-refractivity contribution in [3.63, 3.8) is 0 Å². The summed E-state index contributed by atoms with van der Waals surface area (Å²) in [5, 5.41) is 2.72. The fraction of sp³-hybridized carbons (Fsp3) is 0.333. The molecule has 3 nitrogen and oxygen atoms in total. The minimum atomic E-state index is -0.132. The van der Waals surface area contributed by atoms with Gasteiger partial charge in [-0.15, -0.1) is 0 Å². The molecule has 0 aromatic carbocycles. The van der Waals surface area contributed by atoms with Crippen molar-refractivity contribution in [2.75, 3.05) is 6.54 Å². The Hall–Kier alpha value is -1.16. The first-order chi connectivity index (χ1) is 6.09. The van der Waals surface area contributed by atoms with E-state index in [1.165, 1.54) is 11.5 Å². The summed E-state index contributed by atoms with van der Waals surface area (Å²) >= 11 is 1.33. The molecule has 0 saturated carbocycles. The molecule has 13 heavy (non-hydrogen) atoms. The van der Waals surface area contributed by atoms with Crippen LogP contribution in [0.5, 0.6) is 0 Å². The molecule has 0 radical (unpaired) electrons. The molecule has 0 aliphatic heterocycles. The number of rotatable bonds is 3. The first-order valence-electron chi connectivity index (χ1n) is 3.95. The van der Waals surface area contributed by atoms with E-state index in [-0.39, 0.29) is 5.91 Å². The predicted molar refractivity (Wildman–Crippen MR) is 54.0 cm³/mol. The summed E-state index contributed by atoms with van der Waals surface area (Å²) in [6, 6.07) is 1.78. The quantitative estimate of drug-likeness (QED) is 0.748. The van der Waals surface area contributed by atoms with Gasteiger partial charge < -0.3 is 5.32 Å². The Labute approximate surface area is 81.6 Å². The van der Waals surface area contributed by atoms with Gasteiger partial charge in [0, 0.05) is 11.4 Å². The maximum Gasteiger partial charge on any atom is 0.271 e. The molecule has 1 heterocycles. The second-order valence-electron chi connectivity index (χ2n) is 2.96. The summed E-state index contributed by atoms with van der Waals surface area (Å²) in [5.41, 5.74) is 1.42. The van der Waals surface area contributed by atoms with Crippen LogP contribution in [0, 0.1) is 6.92 Å². The van der Waals surface area contributed by atoms with Gasteiger partial charge in [0.25, 0.3) is 5.91 Å². The fourth-order valence-corrected chi connectivity index (χ4v) is 1.34. The molecule has 1 aromatic rings. The molecule has 0 aliphatic carbocycles. The third-order valence-corrected chi connectivity index (χ3v) is 2.11. The Balaban J connectivity index is 2.54. The lowest BCUT2D eigenvalue weighted by molar-refractivity contribution is 0.0953. The molecule has 1 N–H and O–H groups in total. The topological polar surface area (TPSA) is 42.0 Å². The lowest BCUT2D eigenvalue weighted by atomic mass is 10.3. The number of carbonyl (C=O) groups is 1. The van der Waals surface area contributed by atoms with Crippen molar-refractivity contribution >= 4 is 17.4 Å². The molecule has 4 heteroatoms. The van der Waals surface area contributed by atoms with Crippen molar-refractivity contribution in [3.05, 3.63) is 28.8 Å². The van der Waals surface area contributed by atoms with Gasteiger partial charge in [0.05, 0.1) is 0 Å². The maximum atomic E-state index is 11.4. The third kappa shape index (κ3) is 2.99. The largest absolute Gasteiger partial charge is 0.347 e. The molecular formula is C9H12N2OS. The van der Waals surface area contributed by atoms with Crippen LogP contribution in [0.25, 0.3) is 0 Å². The van der Waals surface area contributed by atoms with Crippen molar-refractivity contribution in [2.24, 2.45) is 0 Å². The first-order valence-corrected chi connectivity index (χ1v) is 4.73. The maximum absolute atomic E-state index is 11.4. The van der Waals surface area contributed by atoms with Crippen molar-refractivity contribution < 1.29 is 4.79 Å². The van der Waals surface area contributed by atoms with E-state index in [2.05, 4.69) is 16.3 Å². The average Bonchev–Trinajstić information content (AvgIpc) is 2.47. The number of hydrogen-bond donors (Lipinski definition) is 1. The molecule has 1 rings (SSSR count). The highest BCUT2D eigenvalue weighted by Crippen LogP contribution is 2.07. The van der Waals surface area contributed by atoms with E-state index in [1.807, 2.05) is 13.8 Å². The summed E-state index contributed by atoms with van der Waals surface area (Å²) in [5.74, 6) is -0.132. The standard InChI is InChI=1S/C9H12N2OS/c1-6(2)5-10-9(12)8-4-7(3)13-11-8/h4H,1,5H2,2-3H3,(H,10,12).